The SMILES string of the molecule is C[Si](C)(C)C1C2C=CC(C2)C1[Si](C)(C)C. The first-order chi connectivity index (χ1) is 6.71. The van der Waals surface area contributed by atoms with Crippen molar-refractivity contribution in [1.82, 2.24) is 0 Å². The zero-order chi connectivity index (χ0) is 11.4. The first kappa shape index (κ1) is 11.7. The maximum Gasteiger partial charge on any atom is 0.0479 e. The maximum absolute atomic E-state index is 2.58. The molecule has 0 aromatic carbocycles. The van der Waals surface area contributed by atoms with Crippen LogP contribution in [0, 0.1) is 11.8 Å². The lowest BCUT2D eigenvalue weighted by atomic mass is 10.1. The van der Waals surface area contributed by atoms with E-state index in [2.05, 4.69) is 51.4 Å². The Bertz CT molecular complexity index is 252. The molecular weight excluding hydrogens is 212 g/mol. The van der Waals surface area contributed by atoms with Gasteiger partial charge in [-0.05, 0) is 29.3 Å². The number of hydrogen-bond donors (Lipinski definition) is 0. The van der Waals surface area contributed by atoms with Crippen molar-refractivity contribution in [2.45, 2.75) is 56.8 Å². The van der Waals surface area contributed by atoms with Crippen LogP contribution in [-0.4, -0.2) is 16.1 Å². The van der Waals surface area contributed by atoms with Gasteiger partial charge in [0.15, 0.2) is 0 Å². The summed E-state index contributed by atoms with van der Waals surface area (Å²) < 4.78 is 0. The molecule has 0 saturated heterocycles. The minimum atomic E-state index is -0.967. The lowest BCUT2D eigenvalue weighted by Gasteiger charge is -2.43. The van der Waals surface area contributed by atoms with E-state index in [1.54, 1.807) is 0 Å². The Morgan fingerprint density at radius 2 is 1.07 bits per heavy atom. The highest BCUT2D eigenvalue weighted by Gasteiger charge is 2.53. The number of fused-ring (bicyclic) bond motifs is 2. The van der Waals surface area contributed by atoms with Crippen LogP contribution in [-0.2, 0) is 0 Å². The Hall–Kier alpha value is 0.174. The Labute approximate surface area is 97.2 Å². The Morgan fingerprint density at radius 3 is 1.33 bits per heavy atom. The second-order valence-corrected chi connectivity index (χ2v) is 18.5. The second kappa shape index (κ2) is 3.33. The van der Waals surface area contributed by atoms with Gasteiger partial charge in [-0.3, -0.25) is 0 Å². The summed E-state index contributed by atoms with van der Waals surface area (Å²) in [4.78, 5) is 0. The zero-order valence-corrected chi connectivity index (χ0v) is 13.2. The first-order valence-corrected chi connectivity index (χ1v) is 13.5. The highest BCUT2D eigenvalue weighted by atomic mass is 28.3. The molecule has 0 heterocycles. The molecule has 15 heavy (non-hydrogen) atoms. The first-order valence-electron chi connectivity index (χ1n) is 6.39. The minimum absolute atomic E-state index is 0.957. The lowest BCUT2D eigenvalue weighted by molar-refractivity contribution is 0.657. The van der Waals surface area contributed by atoms with Gasteiger partial charge in [0.1, 0.15) is 0 Å². The molecule has 4 atom stereocenters. The number of allylic oxidation sites excluding steroid dienone is 2. The normalized spacial score (nSPS) is 40.1. The van der Waals surface area contributed by atoms with Crippen LogP contribution in [0.15, 0.2) is 12.2 Å². The summed E-state index contributed by atoms with van der Waals surface area (Å²) in [5.41, 5.74) is 2.17. The summed E-state index contributed by atoms with van der Waals surface area (Å²) in [7, 11) is -1.93. The maximum atomic E-state index is 2.58. The van der Waals surface area contributed by atoms with E-state index < -0.39 is 16.1 Å². The predicted octanol–water partition coefficient (Wildman–Crippen LogP) is 4.61. The summed E-state index contributed by atoms with van der Waals surface area (Å²) in [6.07, 6.45) is 6.58. The molecule has 1 saturated carbocycles. The van der Waals surface area contributed by atoms with Crippen molar-refractivity contribution in [3.05, 3.63) is 12.2 Å². The van der Waals surface area contributed by atoms with Gasteiger partial charge in [0.2, 0.25) is 0 Å². The molecule has 2 heteroatoms. The molecule has 0 nitrogen and oxygen atoms in total. The molecule has 86 valence electrons. The highest BCUT2D eigenvalue weighted by Crippen LogP contribution is 2.62. The standard InChI is InChI=1S/C13H26Si2/c1-14(2,3)12-10-7-8-11(9-10)13(12)15(4,5)6/h7-8,10-13H,9H2,1-6H3. The van der Waals surface area contributed by atoms with E-state index in [9.17, 15) is 0 Å². The molecule has 2 aliphatic rings. The summed E-state index contributed by atoms with van der Waals surface area (Å²) in [5, 5.41) is 0. The Kier molecular flexibility index (Phi) is 2.59. The molecule has 0 aliphatic heterocycles. The van der Waals surface area contributed by atoms with E-state index in [1.165, 1.54) is 6.42 Å². The van der Waals surface area contributed by atoms with Crippen LogP contribution >= 0.6 is 0 Å². The van der Waals surface area contributed by atoms with Crippen LogP contribution in [0.2, 0.25) is 50.4 Å². The Morgan fingerprint density at radius 1 is 0.733 bits per heavy atom. The van der Waals surface area contributed by atoms with Crippen LogP contribution in [0.5, 0.6) is 0 Å². The zero-order valence-electron chi connectivity index (χ0n) is 11.2. The second-order valence-electron chi connectivity index (χ2n) is 7.73. The lowest BCUT2D eigenvalue weighted by Crippen LogP contribution is -2.42. The van der Waals surface area contributed by atoms with E-state index in [0.29, 0.717) is 0 Å². The molecule has 0 radical (unpaired) electrons. The molecule has 2 bridgehead atoms. The molecule has 2 aliphatic carbocycles. The van der Waals surface area contributed by atoms with E-state index in [4.69, 9.17) is 0 Å². The van der Waals surface area contributed by atoms with Gasteiger partial charge in [0.25, 0.3) is 0 Å². The largest absolute Gasteiger partial charge is 0.0851 e. The van der Waals surface area contributed by atoms with Crippen LogP contribution in [0.1, 0.15) is 6.42 Å². The number of rotatable bonds is 2. The van der Waals surface area contributed by atoms with Crippen LogP contribution in [0.3, 0.4) is 0 Å². The van der Waals surface area contributed by atoms with E-state index in [0.717, 1.165) is 22.9 Å². The third-order valence-corrected chi connectivity index (χ3v) is 10.4. The van der Waals surface area contributed by atoms with E-state index >= 15 is 0 Å². The van der Waals surface area contributed by atoms with Gasteiger partial charge in [-0.25, -0.2) is 0 Å². The fraction of sp³-hybridized carbons (Fsp3) is 0.846. The summed E-state index contributed by atoms with van der Waals surface area (Å²) in [6, 6.07) is 0. The van der Waals surface area contributed by atoms with Gasteiger partial charge < -0.3 is 0 Å². The molecule has 1 fully saturated rings. The molecule has 4 unspecified atom stereocenters. The monoisotopic (exact) mass is 238 g/mol. The fourth-order valence-electron chi connectivity index (χ4n) is 4.18. The molecule has 0 aromatic heterocycles. The van der Waals surface area contributed by atoms with Gasteiger partial charge in [-0.2, -0.15) is 0 Å². The van der Waals surface area contributed by atoms with Crippen molar-refractivity contribution in [2.24, 2.45) is 11.8 Å². The van der Waals surface area contributed by atoms with Crippen LogP contribution in [0.25, 0.3) is 0 Å². The molecule has 0 spiro atoms. The molecule has 0 aromatic rings. The average Bonchev–Trinajstić information content (AvgIpc) is 2.56. The minimum Gasteiger partial charge on any atom is -0.0851 e. The van der Waals surface area contributed by atoms with Crippen LogP contribution in [0.4, 0.5) is 0 Å². The van der Waals surface area contributed by atoms with E-state index in [1.807, 2.05) is 0 Å². The summed E-state index contributed by atoms with van der Waals surface area (Å²) in [6.45, 7) is 15.5. The molecule has 0 N–H and O–H groups in total. The van der Waals surface area contributed by atoms with Crippen molar-refractivity contribution >= 4 is 16.1 Å². The summed E-state index contributed by atoms with van der Waals surface area (Å²) in [5.74, 6) is 1.91. The molecule has 0 amide bonds. The predicted molar refractivity (Wildman–Crippen MR) is 74.9 cm³/mol. The molecular formula is C13H26Si2. The third kappa shape index (κ3) is 1.91. The van der Waals surface area contributed by atoms with E-state index in [-0.39, 0.29) is 0 Å². The van der Waals surface area contributed by atoms with Crippen molar-refractivity contribution < 1.29 is 0 Å². The Balaban J connectivity index is 2.33. The van der Waals surface area contributed by atoms with Gasteiger partial charge in [-0.1, -0.05) is 51.4 Å². The highest BCUT2D eigenvalue weighted by molar-refractivity contribution is 6.83. The smallest absolute Gasteiger partial charge is 0.0479 e. The average molecular weight is 239 g/mol. The topological polar surface area (TPSA) is 0 Å². The van der Waals surface area contributed by atoms with Gasteiger partial charge in [0.05, 0.1) is 0 Å². The van der Waals surface area contributed by atoms with Crippen molar-refractivity contribution in [3.63, 3.8) is 0 Å². The van der Waals surface area contributed by atoms with Gasteiger partial charge >= 0.3 is 0 Å². The van der Waals surface area contributed by atoms with Gasteiger partial charge in [-0.15, -0.1) is 0 Å². The van der Waals surface area contributed by atoms with Crippen molar-refractivity contribution in [2.75, 3.05) is 0 Å². The van der Waals surface area contributed by atoms with Crippen LogP contribution < -0.4 is 0 Å². The summed E-state index contributed by atoms with van der Waals surface area (Å²) >= 11 is 0. The van der Waals surface area contributed by atoms with Crippen molar-refractivity contribution in [3.8, 4) is 0 Å². The number of hydrogen-bond acceptors (Lipinski definition) is 0. The quantitative estimate of drug-likeness (QED) is 0.487. The third-order valence-electron chi connectivity index (χ3n) is 4.46. The van der Waals surface area contributed by atoms with Gasteiger partial charge in [0, 0.05) is 16.1 Å². The molecule has 2 rings (SSSR count). The fourth-order valence-corrected chi connectivity index (χ4v) is 12.9. The van der Waals surface area contributed by atoms with Crippen molar-refractivity contribution in [1.29, 1.82) is 0 Å².